The lowest BCUT2D eigenvalue weighted by atomic mass is 10.1. The van der Waals surface area contributed by atoms with Crippen LogP contribution < -0.4 is 10.2 Å². The molecule has 24 heavy (non-hydrogen) atoms. The molecule has 2 aliphatic rings. The predicted molar refractivity (Wildman–Crippen MR) is 91.1 cm³/mol. The fourth-order valence-electron chi connectivity index (χ4n) is 2.87. The van der Waals surface area contributed by atoms with Gasteiger partial charge in [0.2, 0.25) is 0 Å². The van der Waals surface area contributed by atoms with Gasteiger partial charge >= 0.3 is 0 Å². The number of hydrogen-bond acceptors (Lipinski definition) is 5. The molecule has 1 amide bonds. The Morgan fingerprint density at radius 1 is 1.46 bits per heavy atom. The van der Waals surface area contributed by atoms with E-state index in [1.807, 2.05) is 6.92 Å². The monoisotopic (exact) mass is 351 g/mol. The molecule has 8 heteroatoms. The summed E-state index contributed by atoms with van der Waals surface area (Å²) in [5, 5.41) is 2.80. The van der Waals surface area contributed by atoms with Crippen LogP contribution in [0.15, 0.2) is 27.5 Å². The summed E-state index contributed by atoms with van der Waals surface area (Å²) < 4.78 is 33.5. The molecule has 1 aromatic carbocycles. The summed E-state index contributed by atoms with van der Waals surface area (Å²) in [6, 6.07) is 4.70. The van der Waals surface area contributed by atoms with E-state index in [0.717, 1.165) is 25.9 Å². The van der Waals surface area contributed by atoms with Crippen LogP contribution in [0.5, 0.6) is 0 Å². The van der Waals surface area contributed by atoms with Crippen molar-refractivity contribution < 1.29 is 17.9 Å². The average molecular weight is 351 g/mol. The summed E-state index contributed by atoms with van der Waals surface area (Å²) in [7, 11) is -3.76. The lowest BCUT2D eigenvalue weighted by Gasteiger charge is -2.25. The highest BCUT2D eigenvalue weighted by molar-refractivity contribution is 7.90. The van der Waals surface area contributed by atoms with Gasteiger partial charge in [0.1, 0.15) is 11.2 Å². The van der Waals surface area contributed by atoms with Crippen LogP contribution in [0.3, 0.4) is 0 Å². The van der Waals surface area contributed by atoms with Gasteiger partial charge in [-0.2, -0.15) is 8.42 Å². The van der Waals surface area contributed by atoms with Gasteiger partial charge in [0.05, 0.1) is 11.8 Å². The third-order valence-corrected chi connectivity index (χ3v) is 5.37. The second kappa shape index (κ2) is 6.90. The number of carbonyl (C=O) groups excluding carboxylic acids is 1. The van der Waals surface area contributed by atoms with Gasteiger partial charge in [-0.1, -0.05) is 6.92 Å². The Kier molecular flexibility index (Phi) is 4.86. The molecule has 0 radical (unpaired) electrons. The molecule has 1 fully saturated rings. The lowest BCUT2D eigenvalue weighted by molar-refractivity contribution is 0.0857. The molecule has 1 atom stereocenters. The van der Waals surface area contributed by atoms with Crippen molar-refractivity contribution in [2.24, 2.45) is 4.40 Å². The Labute approximate surface area is 141 Å². The average Bonchev–Trinajstić information content (AvgIpc) is 3.09. The molecule has 3 rings (SSSR count). The molecule has 1 aromatic rings. The second-order valence-electron chi connectivity index (χ2n) is 5.92. The highest BCUT2D eigenvalue weighted by Gasteiger charge is 2.26. The number of rotatable bonds is 5. The zero-order chi connectivity index (χ0) is 17.2. The summed E-state index contributed by atoms with van der Waals surface area (Å²) >= 11 is 0. The summed E-state index contributed by atoms with van der Waals surface area (Å²) in [6.45, 7) is 3.83. The normalized spacial score (nSPS) is 21.5. The number of amides is 1. The van der Waals surface area contributed by atoms with Crippen molar-refractivity contribution in [3.05, 3.63) is 23.8 Å². The number of sulfonamides is 1. The first-order valence-electron chi connectivity index (χ1n) is 8.12. The Morgan fingerprint density at radius 3 is 3.00 bits per heavy atom. The van der Waals surface area contributed by atoms with Gasteiger partial charge in [0.15, 0.2) is 0 Å². The lowest BCUT2D eigenvalue weighted by Crippen LogP contribution is -2.32. The predicted octanol–water partition coefficient (Wildman–Crippen LogP) is 1.54. The topological polar surface area (TPSA) is 88.1 Å². The molecule has 7 nitrogen and oxygen atoms in total. The number of ether oxygens (including phenoxy) is 1. The van der Waals surface area contributed by atoms with Crippen molar-refractivity contribution in [2.45, 2.75) is 37.2 Å². The molecule has 0 aliphatic carbocycles. The maximum atomic E-state index is 12.3. The van der Waals surface area contributed by atoms with E-state index in [-0.39, 0.29) is 16.9 Å². The van der Waals surface area contributed by atoms with E-state index >= 15 is 0 Å². The van der Waals surface area contributed by atoms with E-state index in [1.54, 1.807) is 17.0 Å². The molecule has 2 heterocycles. The van der Waals surface area contributed by atoms with Crippen LogP contribution in [0.1, 0.15) is 36.5 Å². The highest BCUT2D eigenvalue weighted by atomic mass is 32.2. The molecule has 0 aromatic heterocycles. The summed E-state index contributed by atoms with van der Waals surface area (Å²) in [5.41, 5.74) is 0.867. The number of nitrogens with zero attached hydrogens (tertiary/aromatic N) is 2. The van der Waals surface area contributed by atoms with Gasteiger partial charge in [-0.25, -0.2) is 0 Å². The number of nitrogens with one attached hydrogen (secondary N) is 1. The minimum Gasteiger partial charge on any atom is -0.376 e. The van der Waals surface area contributed by atoms with Gasteiger partial charge in [0, 0.05) is 25.3 Å². The van der Waals surface area contributed by atoms with Gasteiger partial charge in [0.25, 0.3) is 15.9 Å². The molecule has 0 spiro atoms. The zero-order valence-electron chi connectivity index (χ0n) is 13.6. The summed E-state index contributed by atoms with van der Waals surface area (Å²) in [5.74, 6) is -0.305. The van der Waals surface area contributed by atoms with Crippen LogP contribution in [-0.2, 0) is 14.8 Å². The second-order valence-corrected chi connectivity index (χ2v) is 7.52. The Morgan fingerprint density at radius 2 is 2.29 bits per heavy atom. The summed E-state index contributed by atoms with van der Waals surface area (Å²) in [4.78, 5) is 14.1. The third-order valence-electron chi connectivity index (χ3n) is 4.11. The SMILES string of the molecule is CCCN1C=NS(=O)(=O)c2cc(C(=O)NCC3CCCO3)ccc21. The van der Waals surface area contributed by atoms with Crippen LogP contribution >= 0.6 is 0 Å². The molecule has 0 saturated carbocycles. The van der Waals surface area contributed by atoms with E-state index in [9.17, 15) is 13.2 Å². The molecule has 2 aliphatic heterocycles. The molecule has 130 valence electrons. The smallest absolute Gasteiger partial charge is 0.285 e. The van der Waals surface area contributed by atoms with Crippen LogP contribution in [0.4, 0.5) is 5.69 Å². The fourth-order valence-corrected chi connectivity index (χ4v) is 3.95. The minimum absolute atomic E-state index is 0.0416. The minimum atomic E-state index is -3.76. The van der Waals surface area contributed by atoms with Crippen LogP contribution in [0, 0.1) is 0 Å². The highest BCUT2D eigenvalue weighted by Crippen LogP contribution is 2.30. The molecule has 1 saturated heterocycles. The van der Waals surface area contributed by atoms with Gasteiger partial charge in [-0.15, -0.1) is 4.40 Å². The molecule has 1 unspecified atom stereocenters. The largest absolute Gasteiger partial charge is 0.376 e. The number of benzene rings is 1. The van der Waals surface area contributed by atoms with E-state index in [2.05, 4.69) is 9.71 Å². The van der Waals surface area contributed by atoms with E-state index in [1.165, 1.54) is 12.4 Å². The van der Waals surface area contributed by atoms with Crippen molar-refractivity contribution in [3.63, 3.8) is 0 Å². The van der Waals surface area contributed by atoms with Gasteiger partial charge in [-0.3, -0.25) is 4.79 Å². The van der Waals surface area contributed by atoms with Crippen molar-refractivity contribution >= 4 is 28.0 Å². The van der Waals surface area contributed by atoms with E-state index in [0.29, 0.717) is 24.3 Å². The Hall–Kier alpha value is -1.93. The van der Waals surface area contributed by atoms with Crippen molar-refractivity contribution in [3.8, 4) is 0 Å². The fraction of sp³-hybridized carbons (Fsp3) is 0.500. The van der Waals surface area contributed by atoms with Crippen LogP contribution in [-0.4, -0.2) is 46.5 Å². The van der Waals surface area contributed by atoms with E-state index in [4.69, 9.17) is 4.74 Å². The number of fused-ring (bicyclic) bond motifs is 1. The first-order chi connectivity index (χ1) is 11.5. The Balaban J connectivity index is 1.80. The molecule has 1 N–H and O–H groups in total. The molecular formula is C16H21N3O4S. The maximum Gasteiger partial charge on any atom is 0.285 e. The third kappa shape index (κ3) is 3.44. The van der Waals surface area contributed by atoms with Gasteiger partial charge < -0.3 is 15.0 Å². The van der Waals surface area contributed by atoms with Crippen LogP contribution in [0.25, 0.3) is 0 Å². The summed E-state index contributed by atoms with van der Waals surface area (Å²) in [6.07, 6.45) is 4.16. The number of hydrogen-bond donors (Lipinski definition) is 1. The van der Waals surface area contributed by atoms with Crippen molar-refractivity contribution in [1.29, 1.82) is 0 Å². The molecule has 0 bridgehead atoms. The van der Waals surface area contributed by atoms with Gasteiger partial charge in [-0.05, 0) is 37.5 Å². The first-order valence-corrected chi connectivity index (χ1v) is 9.56. The maximum absolute atomic E-state index is 12.3. The number of carbonyl (C=O) groups is 1. The quantitative estimate of drug-likeness (QED) is 0.869. The van der Waals surface area contributed by atoms with Crippen LogP contribution in [0.2, 0.25) is 0 Å². The van der Waals surface area contributed by atoms with Crippen molar-refractivity contribution in [2.75, 3.05) is 24.6 Å². The zero-order valence-corrected chi connectivity index (χ0v) is 14.4. The van der Waals surface area contributed by atoms with Crippen molar-refractivity contribution in [1.82, 2.24) is 5.32 Å². The standard InChI is InChI=1S/C16H21N3O4S/c1-2-7-19-11-18-24(21,22)15-9-12(5-6-14(15)19)16(20)17-10-13-4-3-8-23-13/h5-6,9,11,13H,2-4,7-8,10H2,1H3,(H,17,20). The number of anilines is 1. The first kappa shape index (κ1) is 16.9. The Bertz CT molecular complexity index is 755. The molecular weight excluding hydrogens is 330 g/mol. The van der Waals surface area contributed by atoms with E-state index < -0.39 is 10.0 Å².